The number of carbonyl (C=O) groups is 1. The Bertz CT molecular complexity index is 553. The smallest absolute Gasteiger partial charge is 0.242 e. The van der Waals surface area contributed by atoms with Crippen molar-refractivity contribution in [1.82, 2.24) is 16.0 Å². The molecule has 0 saturated heterocycles. The molecule has 0 atom stereocenters. The Morgan fingerprint density at radius 3 is 2.25 bits per heavy atom. The standard InChI is InChI=1S/C19H32N4O/c1-7-20-18(22-13-17(24)23-19(4,5)6)21-9-8-16-11-14(2)10-15(3)12-16/h10-12H,7-9,13H2,1-6H3,(H,23,24)(H2,20,21,22). The van der Waals surface area contributed by atoms with Gasteiger partial charge in [-0.1, -0.05) is 29.3 Å². The summed E-state index contributed by atoms with van der Waals surface area (Å²) in [4.78, 5) is 16.2. The third-order valence-corrected chi connectivity index (χ3v) is 3.23. The lowest BCUT2D eigenvalue weighted by Crippen LogP contribution is -2.43. The number of amides is 1. The predicted molar refractivity (Wildman–Crippen MR) is 101 cm³/mol. The number of nitrogens with zero attached hydrogens (tertiary/aromatic N) is 1. The summed E-state index contributed by atoms with van der Waals surface area (Å²) in [5, 5.41) is 9.36. The molecule has 0 aliphatic rings. The molecule has 0 aliphatic carbocycles. The lowest BCUT2D eigenvalue weighted by Gasteiger charge is -2.20. The van der Waals surface area contributed by atoms with Crippen LogP contribution in [0.2, 0.25) is 0 Å². The van der Waals surface area contributed by atoms with Crippen LogP contribution >= 0.6 is 0 Å². The van der Waals surface area contributed by atoms with E-state index in [1.54, 1.807) is 0 Å². The minimum atomic E-state index is -0.235. The average molecular weight is 332 g/mol. The molecular weight excluding hydrogens is 300 g/mol. The topological polar surface area (TPSA) is 65.5 Å². The zero-order valence-electron chi connectivity index (χ0n) is 15.9. The van der Waals surface area contributed by atoms with E-state index >= 15 is 0 Å². The van der Waals surface area contributed by atoms with Crippen molar-refractivity contribution in [3.63, 3.8) is 0 Å². The molecule has 0 fully saturated rings. The van der Waals surface area contributed by atoms with Crippen LogP contribution < -0.4 is 16.0 Å². The Hall–Kier alpha value is -2.04. The van der Waals surface area contributed by atoms with Crippen molar-refractivity contribution < 1.29 is 4.79 Å². The van der Waals surface area contributed by atoms with Gasteiger partial charge < -0.3 is 16.0 Å². The first-order chi connectivity index (χ1) is 11.2. The number of aryl methyl sites for hydroxylation is 2. The molecule has 0 saturated carbocycles. The maximum absolute atomic E-state index is 11.9. The van der Waals surface area contributed by atoms with Crippen LogP contribution in [0.1, 0.15) is 44.4 Å². The van der Waals surface area contributed by atoms with Crippen molar-refractivity contribution in [2.24, 2.45) is 4.99 Å². The van der Waals surface area contributed by atoms with Gasteiger partial charge in [-0.2, -0.15) is 0 Å². The van der Waals surface area contributed by atoms with Gasteiger partial charge in [0.1, 0.15) is 6.54 Å². The van der Waals surface area contributed by atoms with Crippen molar-refractivity contribution in [2.45, 2.75) is 53.5 Å². The third kappa shape index (κ3) is 8.56. The molecule has 0 heterocycles. The normalized spacial score (nSPS) is 12.0. The molecule has 0 aromatic heterocycles. The first-order valence-electron chi connectivity index (χ1n) is 8.60. The Kier molecular flexibility index (Phi) is 7.75. The van der Waals surface area contributed by atoms with Crippen LogP contribution in [0.3, 0.4) is 0 Å². The number of carbonyl (C=O) groups excluding carboxylic acids is 1. The summed E-state index contributed by atoms with van der Waals surface area (Å²) < 4.78 is 0. The molecule has 0 bridgehead atoms. The molecule has 0 unspecified atom stereocenters. The van der Waals surface area contributed by atoms with Crippen molar-refractivity contribution in [3.05, 3.63) is 34.9 Å². The third-order valence-electron chi connectivity index (χ3n) is 3.23. The summed E-state index contributed by atoms with van der Waals surface area (Å²) in [6.45, 7) is 13.8. The highest BCUT2D eigenvalue weighted by atomic mass is 16.2. The highest BCUT2D eigenvalue weighted by Gasteiger charge is 2.13. The fourth-order valence-corrected chi connectivity index (χ4v) is 2.49. The first kappa shape index (κ1) is 20.0. The highest BCUT2D eigenvalue weighted by Crippen LogP contribution is 2.08. The van der Waals surface area contributed by atoms with E-state index in [0.717, 1.165) is 19.5 Å². The number of hydrogen-bond donors (Lipinski definition) is 3. The van der Waals surface area contributed by atoms with E-state index in [0.29, 0.717) is 5.96 Å². The van der Waals surface area contributed by atoms with Crippen LogP contribution in [0.25, 0.3) is 0 Å². The van der Waals surface area contributed by atoms with Crippen LogP contribution in [0, 0.1) is 13.8 Å². The summed E-state index contributed by atoms with van der Waals surface area (Å²) in [7, 11) is 0. The number of benzene rings is 1. The minimum Gasteiger partial charge on any atom is -0.357 e. The minimum absolute atomic E-state index is 0.0750. The molecule has 0 aliphatic heterocycles. The molecule has 0 spiro atoms. The summed E-state index contributed by atoms with van der Waals surface area (Å²) in [6.07, 6.45) is 0.918. The van der Waals surface area contributed by atoms with E-state index in [1.807, 2.05) is 27.7 Å². The average Bonchev–Trinajstić information content (AvgIpc) is 2.42. The maximum Gasteiger partial charge on any atom is 0.242 e. The van der Waals surface area contributed by atoms with Crippen LogP contribution in [0.4, 0.5) is 0 Å². The van der Waals surface area contributed by atoms with Gasteiger partial charge in [0.2, 0.25) is 5.91 Å². The lowest BCUT2D eigenvalue weighted by molar-refractivity contribution is -0.121. The second-order valence-corrected chi connectivity index (χ2v) is 7.17. The first-order valence-corrected chi connectivity index (χ1v) is 8.60. The van der Waals surface area contributed by atoms with Crippen molar-refractivity contribution in [3.8, 4) is 0 Å². The molecule has 134 valence electrons. The zero-order valence-corrected chi connectivity index (χ0v) is 15.9. The van der Waals surface area contributed by atoms with Crippen LogP contribution in [-0.4, -0.2) is 37.0 Å². The number of aliphatic imine (C=N–C) groups is 1. The van der Waals surface area contributed by atoms with Gasteiger partial charge in [-0.3, -0.25) is 4.79 Å². The molecular formula is C19H32N4O. The lowest BCUT2D eigenvalue weighted by atomic mass is 10.1. The molecule has 1 aromatic carbocycles. The summed E-state index contributed by atoms with van der Waals surface area (Å²) >= 11 is 0. The van der Waals surface area contributed by atoms with Gasteiger partial charge in [-0.15, -0.1) is 0 Å². The van der Waals surface area contributed by atoms with Crippen LogP contribution in [-0.2, 0) is 11.2 Å². The molecule has 1 amide bonds. The van der Waals surface area contributed by atoms with Gasteiger partial charge in [0.15, 0.2) is 5.96 Å². The van der Waals surface area contributed by atoms with Crippen molar-refractivity contribution in [2.75, 3.05) is 19.6 Å². The number of guanidine groups is 1. The summed E-state index contributed by atoms with van der Waals surface area (Å²) in [5.41, 5.74) is 3.64. The van der Waals surface area contributed by atoms with Crippen molar-refractivity contribution >= 4 is 11.9 Å². The molecule has 1 aromatic rings. The molecule has 3 N–H and O–H groups in total. The predicted octanol–water partition coefficient (Wildman–Crippen LogP) is 2.32. The largest absolute Gasteiger partial charge is 0.357 e. The molecule has 5 nitrogen and oxygen atoms in total. The fourth-order valence-electron chi connectivity index (χ4n) is 2.49. The van der Waals surface area contributed by atoms with Gasteiger partial charge in [0.05, 0.1) is 0 Å². The molecule has 5 heteroatoms. The second-order valence-electron chi connectivity index (χ2n) is 7.17. The van der Waals surface area contributed by atoms with Crippen LogP contribution in [0.15, 0.2) is 23.2 Å². The second kappa shape index (κ2) is 9.30. The number of nitrogens with one attached hydrogen (secondary N) is 3. The van der Waals surface area contributed by atoms with E-state index in [-0.39, 0.29) is 18.0 Å². The summed E-state index contributed by atoms with van der Waals surface area (Å²) in [5.74, 6) is 0.597. The molecule has 1 rings (SSSR count). The number of hydrogen-bond acceptors (Lipinski definition) is 2. The summed E-state index contributed by atoms with van der Waals surface area (Å²) in [6, 6.07) is 6.58. The van der Waals surface area contributed by atoms with Gasteiger partial charge in [0, 0.05) is 18.6 Å². The van der Waals surface area contributed by atoms with E-state index in [9.17, 15) is 4.79 Å². The van der Waals surface area contributed by atoms with Gasteiger partial charge in [-0.05, 0) is 53.5 Å². The SMILES string of the molecule is CCNC(=NCC(=O)NC(C)(C)C)NCCc1cc(C)cc(C)c1. The Balaban J connectivity index is 2.53. The maximum atomic E-state index is 11.9. The Labute approximate surface area is 146 Å². The monoisotopic (exact) mass is 332 g/mol. The van der Waals surface area contributed by atoms with Crippen molar-refractivity contribution in [1.29, 1.82) is 0 Å². The fraction of sp³-hybridized carbons (Fsp3) is 0.579. The van der Waals surface area contributed by atoms with Gasteiger partial charge >= 0.3 is 0 Å². The Morgan fingerprint density at radius 1 is 1.08 bits per heavy atom. The van der Waals surface area contributed by atoms with Crippen LogP contribution in [0.5, 0.6) is 0 Å². The Morgan fingerprint density at radius 2 is 1.71 bits per heavy atom. The molecule has 0 radical (unpaired) electrons. The van der Waals surface area contributed by atoms with E-state index in [2.05, 4.69) is 53.0 Å². The van der Waals surface area contributed by atoms with Gasteiger partial charge in [0.25, 0.3) is 0 Å². The number of rotatable bonds is 6. The van der Waals surface area contributed by atoms with E-state index < -0.39 is 0 Å². The zero-order chi connectivity index (χ0) is 18.2. The quantitative estimate of drug-likeness (QED) is 0.553. The molecule has 24 heavy (non-hydrogen) atoms. The highest BCUT2D eigenvalue weighted by molar-refractivity contribution is 5.85. The van der Waals surface area contributed by atoms with Gasteiger partial charge in [-0.25, -0.2) is 4.99 Å². The van der Waals surface area contributed by atoms with E-state index in [4.69, 9.17) is 0 Å². The van der Waals surface area contributed by atoms with E-state index in [1.165, 1.54) is 16.7 Å².